The van der Waals surface area contributed by atoms with Crippen molar-refractivity contribution in [1.29, 1.82) is 0 Å². The van der Waals surface area contributed by atoms with Gasteiger partial charge in [0.2, 0.25) is 0 Å². The Kier molecular flexibility index (Phi) is 3.94. The van der Waals surface area contributed by atoms with Crippen LogP contribution in [0.2, 0.25) is 0 Å². The van der Waals surface area contributed by atoms with Crippen LogP contribution in [0.15, 0.2) is 23.0 Å². The molecular formula is C23H34O2S. The summed E-state index contributed by atoms with van der Waals surface area (Å²) in [5, 5.41) is 12.7. The first-order valence-electron chi connectivity index (χ1n) is 10.8. The highest BCUT2D eigenvalue weighted by Gasteiger charge is 2.67. The summed E-state index contributed by atoms with van der Waals surface area (Å²) in [7, 11) is 0. The molecule has 4 aliphatic rings. The molecule has 4 aliphatic carbocycles. The third-order valence-electron chi connectivity index (χ3n) is 9.77. The summed E-state index contributed by atoms with van der Waals surface area (Å²) in [6.45, 7) is 4.94. The molecule has 0 spiro atoms. The number of fused-ring (bicyclic) bond motifs is 5. The second kappa shape index (κ2) is 5.80. The Hall–Kier alpha value is -0.410. The third-order valence-corrected chi connectivity index (χ3v) is 10.2. The van der Waals surface area contributed by atoms with Crippen molar-refractivity contribution in [2.24, 2.45) is 28.6 Å². The van der Waals surface area contributed by atoms with Crippen LogP contribution in [0.5, 0.6) is 0 Å². The van der Waals surface area contributed by atoms with Gasteiger partial charge in [0.15, 0.2) is 0 Å². The van der Waals surface area contributed by atoms with E-state index in [0.717, 1.165) is 25.2 Å². The van der Waals surface area contributed by atoms with Crippen LogP contribution in [0.1, 0.15) is 83.1 Å². The van der Waals surface area contributed by atoms with Gasteiger partial charge in [-0.2, -0.15) is 12.6 Å². The maximum absolute atomic E-state index is 12.1. The Balaban J connectivity index is 1.49. The first-order valence-corrected chi connectivity index (χ1v) is 11.3. The van der Waals surface area contributed by atoms with Gasteiger partial charge in [-0.05, 0) is 98.5 Å². The SMILES string of the molecule is C[C@]12CC[C@H](S)C[C@H]1CC[C@@H]1[C@@H]2CC[C@]2(C)[C@@H](c3ccoc3)CC[C@]12O. The Labute approximate surface area is 163 Å². The zero-order valence-corrected chi connectivity index (χ0v) is 17.2. The van der Waals surface area contributed by atoms with E-state index in [1.54, 1.807) is 6.26 Å². The molecule has 0 aliphatic heterocycles. The highest BCUT2D eigenvalue weighted by molar-refractivity contribution is 7.80. The van der Waals surface area contributed by atoms with Gasteiger partial charge < -0.3 is 9.52 Å². The van der Waals surface area contributed by atoms with Gasteiger partial charge in [0, 0.05) is 10.7 Å². The van der Waals surface area contributed by atoms with E-state index in [9.17, 15) is 5.11 Å². The average Bonchev–Trinajstić information content (AvgIpc) is 3.21. The summed E-state index contributed by atoms with van der Waals surface area (Å²) in [5.41, 5.74) is 1.23. The molecular weight excluding hydrogens is 340 g/mol. The summed E-state index contributed by atoms with van der Waals surface area (Å²) >= 11 is 4.81. The minimum Gasteiger partial charge on any atom is -0.472 e. The fraction of sp³-hybridized carbons (Fsp3) is 0.826. The lowest BCUT2D eigenvalue weighted by atomic mass is 9.43. The van der Waals surface area contributed by atoms with Crippen LogP contribution in [0.3, 0.4) is 0 Å². The largest absolute Gasteiger partial charge is 0.472 e. The van der Waals surface area contributed by atoms with Crippen LogP contribution in [0.25, 0.3) is 0 Å². The Bertz CT molecular complexity index is 672. The van der Waals surface area contributed by atoms with Crippen molar-refractivity contribution in [2.75, 3.05) is 0 Å². The molecule has 4 fully saturated rings. The zero-order valence-electron chi connectivity index (χ0n) is 16.3. The number of hydrogen-bond donors (Lipinski definition) is 2. The van der Waals surface area contributed by atoms with Crippen molar-refractivity contribution in [1.82, 2.24) is 0 Å². The van der Waals surface area contributed by atoms with E-state index in [2.05, 4.69) is 19.9 Å². The molecule has 4 saturated carbocycles. The maximum atomic E-state index is 12.1. The number of thiol groups is 1. The van der Waals surface area contributed by atoms with Crippen molar-refractivity contribution < 1.29 is 9.52 Å². The molecule has 5 rings (SSSR count). The molecule has 1 aromatic heterocycles. The quantitative estimate of drug-likeness (QED) is 0.607. The molecule has 0 amide bonds. The highest BCUT2D eigenvalue weighted by atomic mass is 32.1. The fourth-order valence-electron chi connectivity index (χ4n) is 8.21. The van der Waals surface area contributed by atoms with E-state index >= 15 is 0 Å². The summed E-state index contributed by atoms with van der Waals surface area (Å²) in [5.74, 6) is 2.45. The summed E-state index contributed by atoms with van der Waals surface area (Å²) in [4.78, 5) is 0. The monoisotopic (exact) mass is 374 g/mol. The molecule has 144 valence electrons. The van der Waals surface area contributed by atoms with E-state index in [-0.39, 0.29) is 5.41 Å². The molecule has 3 heteroatoms. The van der Waals surface area contributed by atoms with Gasteiger partial charge in [-0.15, -0.1) is 0 Å². The summed E-state index contributed by atoms with van der Waals surface area (Å²) < 4.78 is 5.40. The van der Waals surface area contributed by atoms with E-state index in [4.69, 9.17) is 17.0 Å². The first-order chi connectivity index (χ1) is 12.4. The second-order valence-corrected chi connectivity index (χ2v) is 11.2. The molecule has 0 radical (unpaired) electrons. The van der Waals surface area contributed by atoms with Crippen LogP contribution in [0, 0.1) is 28.6 Å². The maximum Gasteiger partial charge on any atom is 0.0937 e. The van der Waals surface area contributed by atoms with Gasteiger partial charge in [-0.3, -0.25) is 0 Å². The van der Waals surface area contributed by atoms with Crippen LogP contribution < -0.4 is 0 Å². The predicted octanol–water partition coefficient (Wildman–Crippen LogP) is 5.82. The molecule has 0 aromatic carbocycles. The minimum absolute atomic E-state index is 0.00197. The number of aliphatic hydroxyl groups is 1. The Morgan fingerprint density at radius 2 is 1.88 bits per heavy atom. The van der Waals surface area contributed by atoms with Gasteiger partial charge in [0.25, 0.3) is 0 Å². The normalized spacial score (nSPS) is 53.6. The van der Waals surface area contributed by atoms with E-state index in [1.165, 1.54) is 44.1 Å². The molecule has 1 aromatic rings. The van der Waals surface area contributed by atoms with E-state index in [1.807, 2.05) is 6.26 Å². The van der Waals surface area contributed by atoms with Gasteiger partial charge in [-0.1, -0.05) is 13.8 Å². The highest BCUT2D eigenvalue weighted by Crippen LogP contribution is 2.70. The lowest BCUT2D eigenvalue weighted by molar-refractivity contribution is -0.200. The molecule has 0 unspecified atom stereocenters. The lowest BCUT2D eigenvalue weighted by Crippen LogP contribution is -2.61. The number of furan rings is 1. The first kappa shape index (κ1) is 17.7. The average molecular weight is 375 g/mol. The summed E-state index contributed by atoms with van der Waals surface area (Å²) in [6.07, 6.45) is 14.6. The van der Waals surface area contributed by atoms with Gasteiger partial charge in [0.05, 0.1) is 18.1 Å². The predicted molar refractivity (Wildman–Crippen MR) is 107 cm³/mol. The third kappa shape index (κ3) is 2.16. The minimum atomic E-state index is -0.496. The molecule has 0 saturated heterocycles. The molecule has 1 heterocycles. The van der Waals surface area contributed by atoms with Crippen molar-refractivity contribution >= 4 is 12.6 Å². The van der Waals surface area contributed by atoms with E-state index in [0.29, 0.717) is 28.4 Å². The smallest absolute Gasteiger partial charge is 0.0937 e. The van der Waals surface area contributed by atoms with Crippen molar-refractivity contribution in [3.05, 3.63) is 24.2 Å². The Morgan fingerprint density at radius 3 is 2.65 bits per heavy atom. The van der Waals surface area contributed by atoms with Crippen LogP contribution >= 0.6 is 12.6 Å². The molecule has 2 nitrogen and oxygen atoms in total. The summed E-state index contributed by atoms with van der Waals surface area (Å²) in [6, 6.07) is 2.12. The zero-order chi connectivity index (χ0) is 18.2. The van der Waals surface area contributed by atoms with Crippen LogP contribution in [-0.2, 0) is 0 Å². The molecule has 26 heavy (non-hydrogen) atoms. The topological polar surface area (TPSA) is 33.4 Å². The van der Waals surface area contributed by atoms with Crippen molar-refractivity contribution in [2.45, 2.75) is 88.4 Å². The molecule has 1 N–H and O–H groups in total. The lowest BCUT2D eigenvalue weighted by Gasteiger charge is -2.63. The van der Waals surface area contributed by atoms with Crippen molar-refractivity contribution in [3.63, 3.8) is 0 Å². The number of hydrogen-bond acceptors (Lipinski definition) is 3. The molecule has 8 atom stereocenters. The van der Waals surface area contributed by atoms with Crippen LogP contribution in [0.4, 0.5) is 0 Å². The number of rotatable bonds is 1. The standard InChI is InChI=1S/C23H34O2S/c1-21-9-5-17(26)13-16(21)3-4-20-19(21)6-10-22(2)18(7-11-23(20,22)24)15-8-12-25-14-15/h8,12,14,16-20,24,26H,3-7,9-11,13H2,1-2H3/t16-,17+,18-,19+,20-,21+,22-,23+/m1/s1. The second-order valence-electron chi connectivity index (χ2n) is 10.4. The Morgan fingerprint density at radius 1 is 1.04 bits per heavy atom. The van der Waals surface area contributed by atoms with Gasteiger partial charge >= 0.3 is 0 Å². The van der Waals surface area contributed by atoms with E-state index < -0.39 is 5.60 Å². The van der Waals surface area contributed by atoms with Crippen molar-refractivity contribution in [3.8, 4) is 0 Å². The van der Waals surface area contributed by atoms with Crippen LogP contribution in [-0.4, -0.2) is 16.0 Å². The fourth-order valence-corrected chi connectivity index (χ4v) is 8.59. The molecule has 0 bridgehead atoms. The van der Waals surface area contributed by atoms with Gasteiger partial charge in [0.1, 0.15) is 0 Å². The van der Waals surface area contributed by atoms with Gasteiger partial charge in [-0.25, -0.2) is 0 Å².